The fraction of sp³-hybridized carbons (Fsp3) is 1.00. The monoisotopic (exact) mass is 424 g/mol. The highest BCUT2D eigenvalue weighted by atomic mass is 31.2. The average molecular weight is 424 g/mol. The Morgan fingerprint density at radius 3 is 1.29 bits per heavy atom. The van der Waals surface area contributed by atoms with Crippen LogP contribution < -0.4 is 0 Å². The maximum Gasteiger partial charge on any atom is 0.472 e. The van der Waals surface area contributed by atoms with Crippen molar-refractivity contribution in [3.05, 3.63) is 0 Å². The molecule has 18 heteroatoms. The number of halogens is 8. The van der Waals surface area contributed by atoms with Gasteiger partial charge in [-0.3, -0.25) is 13.6 Å². The number of hydrogen-bond acceptors (Lipinski definition) is 5. The van der Waals surface area contributed by atoms with Gasteiger partial charge in [0.15, 0.2) is 13.2 Å². The van der Waals surface area contributed by atoms with Crippen LogP contribution in [0.2, 0.25) is 0 Å². The maximum absolute atomic E-state index is 11.4. The molecule has 24 heavy (non-hydrogen) atoms. The summed E-state index contributed by atoms with van der Waals surface area (Å²) in [7, 11) is -10.0. The first-order valence-corrected chi connectivity index (χ1v) is 8.09. The van der Waals surface area contributed by atoms with E-state index in [1.807, 2.05) is 0 Å². The number of alkyl halides is 8. The van der Waals surface area contributed by atoms with Gasteiger partial charge in [0, 0.05) is 0 Å². The molecule has 0 heterocycles. The molecule has 0 bridgehead atoms. The summed E-state index contributed by atoms with van der Waals surface area (Å²) in [5.41, 5.74) is 0. The van der Waals surface area contributed by atoms with Gasteiger partial charge in [0.1, 0.15) is 6.61 Å². The molecule has 0 aromatic heterocycles. The highest BCUT2D eigenvalue weighted by molar-refractivity contribution is 7.47. The minimum absolute atomic E-state index is 1.23. The molecule has 0 amide bonds. The number of rotatable bonds is 7. The zero-order valence-electron chi connectivity index (χ0n) is 11.0. The normalized spacial score (nSPS) is 13.7. The standard InChI is InChI=1S/C4H5F6O4P.C2H5F2O4P/c5-3(6,7)1-13-15(11,12)14-2-4(8,9)10;3-2(4)1-8-9(5,6)7/h1-2H2,(H,11,12);2H,1H2,(H2,5,6,7). The zero-order valence-corrected chi connectivity index (χ0v) is 12.8. The predicted octanol–water partition coefficient (Wildman–Crippen LogP) is 2.61. The minimum Gasteiger partial charge on any atom is -0.303 e. The summed E-state index contributed by atoms with van der Waals surface area (Å²) in [5.74, 6) is 0. The molecule has 0 saturated heterocycles. The first-order valence-electron chi connectivity index (χ1n) is 5.06. The Labute approximate surface area is 128 Å². The van der Waals surface area contributed by atoms with E-state index in [9.17, 15) is 44.3 Å². The first kappa shape index (κ1) is 25.9. The molecule has 0 unspecified atom stereocenters. The Balaban J connectivity index is 0. The molecule has 0 fully saturated rings. The second kappa shape index (κ2) is 9.97. The minimum atomic E-state index is -5.33. The molecule has 148 valence electrons. The average Bonchev–Trinajstić information content (AvgIpc) is 2.31. The van der Waals surface area contributed by atoms with Crippen molar-refractivity contribution in [2.45, 2.75) is 18.8 Å². The van der Waals surface area contributed by atoms with Gasteiger partial charge in [0.25, 0.3) is 6.43 Å². The molecule has 0 rings (SSSR count). The molecule has 8 nitrogen and oxygen atoms in total. The van der Waals surface area contributed by atoms with Crippen molar-refractivity contribution < 1.29 is 72.5 Å². The van der Waals surface area contributed by atoms with Gasteiger partial charge >= 0.3 is 28.0 Å². The van der Waals surface area contributed by atoms with Crippen molar-refractivity contribution in [1.29, 1.82) is 0 Å². The van der Waals surface area contributed by atoms with Crippen molar-refractivity contribution >= 4 is 15.6 Å². The third-order valence-electron chi connectivity index (χ3n) is 1.15. The van der Waals surface area contributed by atoms with E-state index in [4.69, 9.17) is 14.7 Å². The zero-order chi connectivity index (χ0) is 19.8. The lowest BCUT2D eigenvalue weighted by Gasteiger charge is -2.14. The summed E-state index contributed by atoms with van der Waals surface area (Å²) >= 11 is 0. The number of hydrogen-bond donors (Lipinski definition) is 3. The molecule has 0 aromatic carbocycles. The van der Waals surface area contributed by atoms with E-state index >= 15 is 0 Å². The Hall–Kier alpha value is -0.340. The molecule has 3 N–H and O–H groups in total. The van der Waals surface area contributed by atoms with Crippen molar-refractivity contribution in [1.82, 2.24) is 0 Å². The Kier molecular flexibility index (Phi) is 10.8. The highest BCUT2D eigenvalue weighted by Gasteiger charge is 2.37. The van der Waals surface area contributed by atoms with E-state index in [0.717, 1.165) is 0 Å². The summed E-state index contributed by atoms with van der Waals surface area (Å²) < 4.78 is 121. The van der Waals surface area contributed by atoms with Gasteiger partial charge in [-0.25, -0.2) is 17.9 Å². The van der Waals surface area contributed by atoms with Gasteiger partial charge in [-0.05, 0) is 0 Å². The SMILES string of the molecule is O=P(O)(O)OCC(F)F.O=P(O)(OCC(F)(F)F)OCC(F)(F)F. The van der Waals surface area contributed by atoms with Crippen molar-refractivity contribution in [2.75, 3.05) is 19.8 Å². The predicted molar refractivity (Wildman–Crippen MR) is 57.8 cm³/mol. The van der Waals surface area contributed by atoms with Crippen molar-refractivity contribution in [3.8, 4) is 0 Å². The van der Waals surface area contributed by atoms with Gasteiger partial charge in [-0.2, -0.15) is 26.3 Å². The van der Waals surface area contributed by atoms with Crippen LogP contribution in [-0.2, 0) is 22.7 Å². The van der Waals surface area contributed by atoms with E-state index in [2.05, 4.69) is 13.6 Å². The first-order chi connectivity index (χ1) is 10.3. The summed E-state index contributed by atoms with van der Waals surface area (Å²) in [6, 6.07) is 0. The quantitative estimate of drug-likeness (QED) is 0.421. The molecular weight excluding hydrogens is 414 g/mol. The molecular formula is C6H10F8O8P2. The van der Waals surface area contributed by atoms with Gasteiger partial charge in [0.2, 0.25) is 0 Å². The second-order valence-electron chi connectivity index (χ2n) is 3.42. The van der Waals surface area contributed by atoms with Crippen molar-refractivity contribution in [2.24, 2.45) is 0 Å². The van der Waals surface area contributed by atoms with E-state index < -0.39 is 54.2 Å². The molecule has 0 aliphatic heterocycles. The number of phosphoric ester groups is 2. The third kappa shape index (κ3) is 23.9. The van der Waals surface area contributed by atoms with Gasteiger partial charge in [0.05, 0.1) is 0 Å². The van der Waals surface area contributed by atoms with Crippen LogP contribution in [0.1, 0.15) is 0 Å². The lowest BCUT2D eigenvalue weighted by Crippen LogP contribution is -2.19. The summed E-state index contributed by atoms with van der Waals surface area (Å²) in [5, 5.41) is 0. The van der Waals surface area contributed by atoms with Crippen LogP contribution in [0.4, 0.5) is 35.1 Å². The van der Waals surface area contributed by atoms with Crippen LogP contribution >= 0.6 is 15.6 Å². The van der Waals surface area contributed by atoms with Crippen molar-refractivity contribution in [3.63, 3.8) is 0 Å². The van der Waals surface area contributed by atoms with E-state index in [0.29, 0.717) is 0 Å². The summed E-state index contributed by atoms with van der Waals surface area (Å²) in [6.07, 6.45) is -12.7. The van der Waals surface area contributed by atoms with E-state index in [1.165, 1.54) is 0 Å². The van der Waals surface area contributed by atoms with Gasteiger partial charge < -0.3 is 14.7 Å². The highest BCUT2D eigenvalue weighted by Crippen LogP contribution is 2.45. The third-order valence-corrected chi connectivity index (χ3v) is 2.55. The van der Waals surface area contributed by atoms with Gasteiger partial charge in [-0.15, -0.1) is 0 Å². The Morgan fingerprint density at radius 1 is 0.792 bits per heavy atom. The van der Waals surface area contributed by atoms with Crippen LogP contribution in [0.3, 0.4) is 0 Å². The van der Waals surface area contributed by atoms with Crippen LogP contribution in [-0.4, -0.2) is 53.3 Å². The topological polar surface area (TPSA) is 123 Å². The molecule has 0 radical (unpaired) electrons. The van der Waals surface area contributed by atoms with Gasteiger partial charge in [-0.1, -0.05) is 0 Å². The molecule has 0 saturated carbocycles. The van der Waals surface area contributed by atoms with Crippen LogP contribution in [0.15, 0.2) is 0 Å². The fourth-order valence-electron chi connectivity index (χ4n) is 0.500. The molecule has 0 aliphatic rings. The summed E-state index contributed by atoms with van der Waals surface area (Å²) in [4.78, 5) is 24.0. The maximum atomic E-state index is 11.4. The molecule has 0 atom stereocenters. The lowest BCUT2D eigenvalue weighted by atomic mass is 10.7. The molecule has 0 aliphatic carbocycles. The second-order valence-corrected chi connectivity index (χ2v) is 6.12. The smallest absolute Gasteiger partial charge is 0.303 e. The number of phosphoric acid groups is 2. The van der Waals surface area contributed by atoms with Crippen LogP contribution in [0.5, 0.6) is 0 Å². The Morgan fingerprint density at radius 2 is 1.12 bits per heavy atom. The van der Waals surface area contributed by atoms with Crippen LogP contribution in [0, 0.1) is 0 Å². The Bertz CT molecular complexity index is 423. The van der Waals surface area contributed by atoms with Crippen LogP contribution in [0.25, 0.3) is 0 Å². The fourth-order valence-corrected chi connectivity index (χ4v) is 1.50. The lowest BCUT2D eigenvalue weighted by molar-refractivity contribution is -0.169. The largest absolute Gasteiger partial charge is 0.472 e. The van der Waals surface area contributed by atoms with E-state index in [1.54, 1.807) is 0 Å². The molecule has 0 aromatic rings. The van der Waals surface area contributed by atoms with E-state index in [-0.39, 0.29) is 0 Å². The summed E-state index contributed by atoms with van der Waals surface area (Å²) in [6.45, 7) is -5.57. The molecule has 0 spiro atoms.